The van der Waals surface area contributed by atoms with Gasteiger partial charge in [-0.2, -0.15) is 0 Å². The van der Waals surface area contributed by atoms with Gasteiger partial charge in [0.05, 0.1) is 6.33 Å². The Morgan fingerprint density at radius 1 is 1.37 bits per heavy atom. The summed E-state index contributed by atoms with van der Waals surface area (Å²) in [5.74, 6) is 1.06. The predicted octanol–water partition coefficient (Wildman–Crippen LogP) is 2.41. The lowest BCUT2D eigenvalue weighted by atomic mass is 10.0. The van der Waals surface area contributed by atoms with Crippen molar-refractivity contribution in [3.05, 3.63) is 47.5 Å². The van der Waals surface area contributed by atoms with Crippen molar-refractivity contribution in [1.82, 2.24) is 15.3 Å². The predicted molar refractivity (Wildman–Crippen MR) is 74.0 cm³/mol. The van der Waals surface area contributed by atoms with Crippen LogP contribution in [0.4, 0.5) is 0 Å². The molecule has 2 N–H and O–H groups in total. The van der Waals surface area contributed by atoms with Crippen LogP contribution in [0.3, 0.4) is 0 Å². The minimum absolute atomic E-state index is 0.0815. The summed E-state index contributed by atoms with van der Waals surface area (Å²) in [4.78, 5) is 7.09. The first-order chi connectivity index (χ1) is 9.14. The highest BCUT2D eigenvalue weighted by Gasteiger charge is 2.31. The molecule has 0 aliphatic carbocycles. The topological polar surface area (TPSA) is 49.9 Å². The van der Waals surface area contributed by atoms with E-state index < -0.39 is 0 Å². The van der Waals surface area contributed by atoms with E-state index >= 15 is 0 Å². The largest absolute Gasteiger partial charge is 0.487 e. The van der Waals surface area contributed by atoms with E-state index in [1.54, 1.807) is 6.33 Å². The third-order valence-electron chi connectivity index (χ3n) is 3.36. The number of benzene rings is 1. The monoisotopic (exact) mass is 257 g/mol. The molecule has 0 radical (unpaired) electrons. The van der Waals surface area contributed by atoms with Crippen LogP contribution in [-0.2, 0) is 19.5 Å². The van der Waals surface area contributed by atoms with Crippen LogP contribution in [0, 0.1) is 0 Å². The molecule has 2 aromatic rings. The fourth-order valence-electron chi connectivity index (χ4n) is 2.53. The maximum atomic E-state index is 6.05. The zero-order chi connectivity index (χ0) is 13.3. The highest BCUT2D eigenvalue weighted by Crippen LogP contribution is 2.37. The number of nitrogens with one attached hydrogen (secondary N) is 2. The number of rotatable bonds is 4. The number of aromatic amines is 1. The second-order valence-corrected chi connectivity index (χ2v) is 5.62. The lowest BCUT2D eigenvalue weighted by Gasteiger charge is -2.18. The van der Waals surface area contributed by atoms with Gasteiger partial charge in [0, 0.05) is 37.0 Å². The van der Waals surface area contributed by atoms with Crippen LogP contribution in [0.1, 0.15) is 30.7 Å². The molecule has 0 bridgehead atoms. The number of H-pyrrole nitrogens is 1. The summed E-state index contributed by atoms with van der Waals surface area (Å²) in [6.45, 7) is 5.86. The Labute approximate surface area is 113 Å². The molecule has 19 heavy (non-hydrogen) atoms. The van der Waals surface area contributed by atoms with Crippen molar-refractivity contribution in [2.45, 2.75) is 39.0 Å². The molecule has 0 amide bonds. The van der Waals surface area contributed by atoms with Crippen LogP contribution in [0.5, 0.6) is 5.75 Å². The van der Waals surface area contributed by atoms with Crippen LogP contribution < -0.4 is 10.1 Å². The average Bonchev–Trinajstić information content (AvgIpc) is 2.95. The summed E-state index contributed by atoms with van der Waals surface area (Å²) in [7, 11) is 0. The zero-order valence-corrected chi connectivity index (χ0v) is 11.4. The van der Waals surface area contributed by atoms with Crippen LogP contribution in [0.2, 0.25) is 0 Å². The Morgan fingerprint density at radius 3 is 3.05 bits per heavy atom. The first-order valence-electron chi connectivity index (χ1n) is 6.62. The maximum absolute atomic E-state index is 6.05. The first-order valence-corrected chi connectivity index (χ1v) is 6.62. The summed E-state index contributed by atoms with van der Waals surface area (Å²) in [6.07, 6.45) is 4.52. The number of para-hydroxylation sites is 1. The number of imidazole rings is 1. The molecule has 1 aliphatic heterocycles. The van der Waals surface area contributed by atoms with Crippen LogP contribution >= 0.6 is 0 Å². The lowest BCUT2D eigenvalue weighted by molar-refractivity contribution is 0.137. The summed E-state index contributed by atoms with van der Waals surface area (Å²) in [5, 5.41) is 3.41. The van der Waals surface area contributed by atoms with Crippen LogP contribution in [0.25, 0.3) is 0 Å². The fraction of sp³-hybridized carbons (Fsp3) is 0.400. The Hall–Kier alpha value is -1.81. The molecule has 0 saturated heterocycles. The van der Waals surface area contributed by atoms with Gasteiger partial charge in [-0.15, -0.1) is 0 Å². The smallest absolute Gasteiger partial charge is 0.127 e. The van der Waals surface area contributed by atoms with E-state index in [2.05, 4.69) is 47.3 Å². The SMILES string of the molecule is CC1(C)Cc2cccc(CNCc3cnc[nH]3)c2O1. The van der Waals surface area contributed by atoms with Gasteiger partial charge in [0.25, 0.3) is 0 Å². The number of hydrogen-bond donors (Lipinski definition) is 2. The molecule has 0 atom stereocenters. The van der Waals surface area contributed by atoms with E-state index in [9.17, 15) is 0 Å². The van der Waals surface area contributed by atoms with Crippen molar-refractivity contribution in [3.8, 4) is 5.75 Å². The van der Waals surface area contributed by atoms with Crippen LogP contribution in [-0.4, -0.2) is 15.6 Å². The van der Waals surface area contributed by atoms with E-state index in [1.807, 2.05) is 6.20 Å². The van der Waals surface area contributed by atoms with E-state index in [0.29, 0.717) is 0 Å². The first kappa shape index (κ1) is 12.2. The minimum Gasteiger partial charge on any atom is -0.487 e. The summed E-state index contributed by atoms with van der Waals surface area (Å²) < 4.78 is 6.05. The van der Waals surface area contributed by atoms with Crippen LogP contribution in [0.15, 0.2) is 30.7 Å². The highest BCUT2D eigenvalue weighted by molar-refractivity contribution is 5.45. The van der Waals surface area contributed by atoms with E-state index in [1.165, 1.54) is 11.1 Å². The van der Waals surface area contributed by atoms with Crippen molar-refractivity contribution in [3.63, 3.8) is 0 Å². The van der Waals surface area contributed by atoms with Gasteiger partial charge < -0.3 is 15.0 Å². The quantitative estimate of drug-likeness (QED) is 0.884. The van der Waals surface area contributed by atoms with Crippen molar-refractivity contribution in [2.75, 3.05) is 0 Å². The number of hydrogen-bond acceptors (Lipinski definition) is 3. The number of fused-ring (bicyclic) bond motifs is 1. The van der Waals surface area contributed by atoms with Gasteiger partial charge >= 0.3 is 0 Å². The van der Waals surface area contributed by atoms with Gasteiger partial charge in [-0.05, 0) is 19.4 Å². The van der Waals surface area contributed by atoms with Gasteiger partial charge in [0.1, 0.15) is 11.4 Å². The lowest BCUT2D eigenvalue weighted by Crippen LogP contribution is -2.25. The highest BCUT2D eigenvalue weighted by atomic mass is 16.5. The van der Waals surface area contributed by atoms with E-state index in [4.69, 9.17) is 4.74 Å². The molecule has 1 aromatic carbocycles. The van der Waals surface area contributed by atoms with Gasteiger partial charge in [0.2, 0.25) is 0 Å². The van der Waals surface area contributed by atoms with Gasteiger partial charge in [-0.3, -0.25) is 0 Å². The van der Waals surface area contributed by atoms with Gasteiger partial charge in [-0.25, -0.2) is 4.98 Å². The molecule has 3 rings (SSSR count). The number of nitrogens with zero attached hydrogens (tertiary/aromatic N) is 1. The molecule has 0 fully saturated rings. The molecular formula is C15H19N3O. The van der Waals surface area contributed by atoms with E-state index in [0.717, 1.165) is 31.0 Å². The molecule has 100 valence electrons. The normalized spacial score (nSPS) is 16.1. The third kappa shape index (κ3) is 2.63. The molecule has 0 saturated carbocycles. The fourth-order valence-corrected chi connectivity index (χ4v) is 2.53. The minimum atomic E-state index is -0.0815. The zero-order valence-electron chi connectivity index (χ0n) is 11.4. The van der Waals surface area contributed by atoms with Crippen molar-refractivity contribution in [2.24, 2.45) is 0 Å². The second-order valence-electron chi connectivity index (χ2n) is 5.62. The van der Waals surface area contributed by atoms with E-state index in [-0.39, 0.29) is 5.60 Å². The van der Waals surface area contributed by atoms with Crippen molar-refractivity contribution >= 4 is 0 Å². The summed E-state index contributed by atoms with van der Waals surface area (Å²) >= 11 is 0. The van der Waals surface area contributed by atoms with Crippen molar-refractivity contribution < 1.29 is 4.74 Å². The molecule has 0 spiro atoms. The Kier molecular flexibility index (Phi) is 3.03. The Bertz CT molecular complexity index is 561. The second kappa shape index (κ2) is 4.70. The Morgan fingerprint density at radius 2 is 2.26 bits per heavy atom. The number of ether oxygens (including phenoxy) is 1. The molecule has 4 heteroatoms. The van der Waals surface area contributed by atoms with Gasteiger partial charge in [-0.1, -0.05) is 18.2 Å². The molecule has 1 aliphatic rings. The molecule has 2 heterocycles. The number of aromatic nitrogens is 2. The van der Waals surface area contributed by atoms with Crippen molar-refractivity contribution in [1.29, 1.82) is 0 Å². The standard InChI is InChI=1S/C15H19N3O/c1-15(2)6-11-4-3-5-12(14(11)19-15)7-16-8-13-9-17-10-18-13/h3-5,9-10,16H,6-8H2,1-2H3,(H,17,18). The average molecular weight is 257 g/mol. The Balaban J connectivity index is 1.68. The maximum Gasteiger partial charge on any atom is 0.127 e. The van der Waals surface area contributed by atoms with Gasteiger partial charge in [0.15, 0.2) is 0 Å². The molecule has 1 aromatic heterocycles. The molecular weight excluding hydrogens is 238 g/mol. The summed E-state index contributed by atoms with van der Waals surface area (Å²) in [6, 6.07) is 6.39. The third-order valence-corrected chi connectivity index (χ3v) is 3.36. The molecule has 0 unspecified atom stereocenters. The summed E-state index contributed by atoms with van der Waals surface area (Å²) in [5.41, 5.74) is 3.55. The molecule has 4 nitrogen and oxygen atoms in total.